The van der Waals surface area contributed by atoms with Gasteiger partial charge in [-0.15, -0.1) is 0 Å². The lowest BCUT2D eigenvalue weighted by atomic mass is 9.84. The molecule has 3 aliphatic rings. The Balaban J connectivity index is 0.965. The minimum atomic E-state index is -0.866. The van der Waals surface area contributed by atoms with Crippen LogP contribution < -0.4 is 4.90 Å². The first kappa shape index (κ1) is 31.1. The van der Waals surface area contributed by atoms with Gasteiger partial charge in [-0.1, -0.05) is 35.9 Å². The number of ether oxygens (including phenoxy) is 1. The Morgan fingerprint density at radius 1 is 0.957 bits per heavy atom. The Morgan fingerprint density at radius 2 is 1.63 bits per heavy atom. The van der Waals surface area contributed by atoms with Crippen molar-refractivity contribution in [2.24, 2.45) is 0 Å². The molecule has 2 atom stereocenters. The van der Waals surface area contributed by atoms with Crippen LogP contribution in [0.4, 0.5) is 5.69 Å². The maximum Gasteiger partial charge on any atom is 0.253 e. The highest BCUT2D eigenvalue weighted by atomic mass is 35.5. The standard InChI is InChI=1S/C36H43ClN6O3/c1-25-23-42(24-26(2)46-25)31-13-18-41(19-14-31)35(44)28-7-5-27(6-8-28)22-33-38-34-32(4-3-17-43(34)39-33)40-20-15-36(45,16-21-40)29-9-11-30(37)12-10-29/h3-12,17,25-26,31,45H,13-16,18-24H2,1-2H3. The predicted molar refractivity (Wildman–Crippen MR) is 180 cm³/mol. The fourth-order valence-electron chi connectivity index (χ4n) is 7.50. The fraction of sp³-hybridized carbons (Fsp3) is 0.472. The van der Waals surface area contributed by atoms with E-state index in [-0.39, 0.29) is 18.1 Å². The van der Waals surface area contributed by atoms with E-state index in [9.17, 15) is 9.90 Å². The van der Waals surface area contributed by atoms with E-state index < -0.39 is 5.60 Å². The van der Waals surface area contributed by atoms with Gasteiger partial charge >= 0.3 is 0 Å². The van der Waals surface area contributed by atoms with Crippen LogP contribution in [0.15, 0.2) is 66.9 Å². The van der Waals surface area contributed by atoms with Gasteiger partial charge in [0.2, 0.25) is 0 Å². The third-order valence-electron chi connectivity index (χ3n) is 9.98. The summed E-state index contributed by atoms with van der Waals surface area (Å²) in [6.45, 7) is 9.23. The molecule has 1 amide bonds. The van der Waals surface area contributed by atoms with Crippen molar-refractivity contribution in [2.75, 3.05) is 44.2 Å². The molecule has 5 heterocycles. The van der Waals surface area contributed by atoms with Crippen molar-refractivity contribution >= 4 is 28.8 Å². The number of benzene rings is 2. The van der Waals surface area contributed by atoms with E-state index in [1.807, 2.05) is 70.2 Å². The summed E-state index contributed by atoms with van der Waals surface area (Å²) in [7, 11) is 0. The van der Waals surface area contributed by atoms with Crippen molar-refractivity contribution < 1.29 is 14.6 Å². The van der Waals surface area contributed by atoms with Crippen molar-refractivity contribution in [2.45, 2.75) is 69.8 Å². The highest BCUT2D eigenvalue weighted by molar-refractivity contribution is 6.30. The van der Waals surface area contributed by atoms with Crippen molar-refractivity contribution in [3.8, 4) is 0 Å². The smallest absolute Gasteiger partial charge is 0.253 e. The second-order valence-corrected chi connectivity index (χ2v) is 13.8. The number of morpholine rings is 1. The monoisotopic (exact) mass is 642 g/mol. The first-order valence-corrected chi connectivity index (χ1v) is 17.0. The first-order valence-electron chi connectivity index (χ1n) is 16.6. The maximum absolute atomic E-state index is 13.3. The highest BCUT2D eigenvalue weighted by Crippen LogP contribution is 2.36. The molecular formula is C36H43ClN6O3. The summed E-state index contributed by atoms with van der Waals surface area (Å²) in [5.41, 5.74) is 3.66. The molecule has 3 saturated heterocycles. The van der Waals surface area contributed by atoms with Crippen LogP contribution in [0.2, 0.25) is 5.02 Å². The number of aliphatic hydroxyl groups is 1. The number of nitrogens with zero attached hydrogens (tertiary/aromatic N) is 6. The van der Waals surface area contributed by atoms with Gasteiger partial charge in [0.15, 0.2) is 11.5 Å². The van der Waals surface area contributed by atoms with Crippen molar-refractivity contribution in [1.29, 1.82) is 0 Å². The van der Waals surface area contributed by atoms with Crippen LogP contribution in [-0.2, 0) is 16.8 Å². The molecule has 2 aromatic heterocycles. The van der Waals surface area contributed by atoms with Gasteiger partial charge < -0.3 is 19.6 Å². The second kappa shape index (κ2) is 13.0. The molecule has 0 bridgehead atoms. The molecule has 9 nitrogen and oxygen atoms in total. The molecule has 3 aliphatic heterocycles. The fourth-order valence-corrected chi connectivity index (χ4v) is 7.63. The molecule has 3 fully saturated rings. The van der Waals surface area contributed by atoms with Crippen molar-refractivity contribution in [1.82, 2.24) is 24.4 Å². The zero-order valence-corrected chi connectivity index (χ0v) is 27.4. The van der Waals surface area contributed by atoms with Crippen molar-refractivity contribution in [3.63, 3.8) is 0 Å². The quantitative estimate of drug-likeness (QED) is 0.310. The average Bonchev–Trinajstić information content (AvgIpc) is 3.48. The molecule has 242 valence electrons. The number of amides is 1. The predicted octanol–water partition coefficient (Wildman–Crippen LogP) is 5.18. The average molecular weight is 643 g/mol. The van der Waals surface area contributed by atoms with Crippen LogP contribution in [0.5, 0.6) is 0 Å². The third kappa shape index (κ3) is 6.51. The number of likely N-dealkylation sites (tertiary alicyclic amines) is 1. The number of aromatic nitrogens is 3. The summed E-state index contributed by atoms with van der Waals surface area (Å²) in [4.78, 5) is 25.1. The molecule has 0 aliphatic carbocycles. The Labute approximate surface area is 275 Å². The topological polar surface area (TPSA) is 86.4 Å². The molecule has 1 N–H and O–H groups in total. The maximum atomic E-state index is 13.3. The van der Waals surface area contributed by atoms with Crippen LogP contribution in [0.3, 0.4) is 0 Å². The van der Waals surface area contributed by atoms with Gasteiger partial charge in [-0.05, 0) is 87.1 Å². The van der Waals surface area contributed by atoms with E-state index in [0.29, 0.717) is 43.4 Å². The number of piperidine rings is 2. The van der Waals surface area contributed by atoms with Crippen LogP contribution in [-0.4, -0.2) is 92.9 Å². The van der Waals surface area contributed by atoms with Crippen LogP contribution in [0.1, 0.15) is 66.8 Å². The van der Waals surface area contributed by atoms with Crippen LogP contribution >= 0.6 is 11.6 Å². The summed E-state index contributed by atoms with van der Waals surface area (Å²) in [5.74, 6) is 0.837. The van der Waals surface area contributed by atoms with Gasteiger partial charge in [0, 0.05) is 68.5 Å². The molecule has 7 rings (SSSR count). The van der Waals surface area contributed by atoms with Gasteiger partial charge in [0.25, 0.3) is 5.91 Å². The molecule has 2 unspecified atom stereocenters. The first-order chi connectivity index (χ1) is 22.2. The van der Waals surface area contributed by atoms with Crippen LogP contribution in [0, 0.1) is 0 Å². The van der Waals surface area contributed by atoms with Gasteiger partial charge in [-0.3, -0.25) is 9.69 Å². The third-order valence-corrected chi connectivity index (χ3v) is 10.2. The summed E-state index contributed by atoms with van der Waals surface area (Å²) >= 11 is 6.06. The molecule has 0 spiro atoms. The van der Waals surface area contributed by atoms with Gasteiger partial charge in [-0.25, -0.2) is 9.50 Å². The van der Waals surface area contributed by atoms with Crippen molar-refractivity contribution in [3.05, 3.63) is 94.4 Å². The Kier molecular flexibility index (Phi) is 8.76. The lowest BCUT2D eigenvalue weighted by Crippen LogP contribution is -2.53. The number of pyridine rings is 1. The number of fused-ring (bicyclic) bond motifs is 1. The minimum absolute atomic E-state index is 0.105. The summed E-state index contributed by atoms with van der Waals surface area (Å²) < 4.78 is 7.75. The normalized spacial score (nSPS) is 22.8. The lowest BCUT2D eigenvalue weighted by Gasteiger charge is -2.43. The molecule has 0 radical (unpaired) electrons. The second-order valence-electron chi connectivity index (χ2n) is 13.3. The molecule has 46 heavy (non-hydrogen) atoms. The summed E-state index contributed by atoms with van der Waals surface area (Å²) in [6, 6.07) is 20.0. The Morgan fingerprint density at radius 3 is 2.30 bits per heavy atom. The van der Waals surface area contributed by atoms with E-state index in [4.69, 9.17) is 26.4 Å². The van der Waals surface area contributed by atoms with E-state index >= 15 is 0 Å². The van der Waals surface area contributed by atoms with E-state index in [2.05, 4.69) is 29.7 Å². The summed E-state index contributed by atoms with van der Waals surface area (Å²) in [6.07, 6.45) is 6.27. The molecular weight excluding hydrogens is 600 g/mol. The number of carbonyl (C=O) groups excluding carboxylic acids is 1. The largest absolute Gasteiger partial charge is 0.385 e. The number of rotatable bonds is 6. The molecule has 0 saturated carbocycles. The zero-order valence-electron chi connectivity index (χ0n) is 26.7. The minimum Gasteiger partial charge on any atom is -0.385 e. The number of hydrogen-bond donors (Lipinski definition) is 1. The van der Waals surface area contributed by atoms with Gasteiger partial charge in [0.05, 0.1) is 23.5 Å². The number of anilines is 1. The zero-order chi connectivity index (χ0) is 31.8. The molecule has 10 heteroatoms. The number of carbonyl (C=O) groups is 1. The SMILES string of the molecule is CC1CN(C2CCN(C(=O)c3ccc(Cc4nc5c(N6CCC(O)(c7ccc(Cl)cc7)CC6)cccn5n4)cc3)CC2)CC(C)O1. The number of halogens is 1. The lowest BCUT2D eigenvalue weighted by molar-refractivity contribution is -0.0856. The van der Waals surface area contributed by atoms with Gasteiger partial charge in [0.1, 0.15) is 0 Å². The van der Waals surface area contributed by atoms with Gasteiger partial charge in [-0.2, -0.15) is 5.10 Å². The molecule has 2 aromatic carbocycles. The van der Waals surface area contributed by atoms with E-state index in [0.717, 1.165) is 72.9 Å². The van der Waals surface area contributed by atoms with E-state index in [1.165, 1.54) is 0 Å². The highest BCUT2D eigenvalue weighted by Gasteiger charge is 2.35. The number of hydrogen-bond acceptors (Lipinski definition) is 7. The van der Waals surface area contributed by atoms with E-state index in [1.54, 1.807) is 0 Å². The van der Waals surface area contributed by atoms with Crippen LogP contribution in [0.25, 0.3) is 5.65 Å². The summed E-state index contributed by atoms with van der Waals surface area (Å²) in [5, 5.41) is 16.8. The molecule has 4 aromatic rings. The Bertz CT molecular complexity index is 1650. The Hall–Kier alpha value is -3.50.